The quantitative estimate of drug-likeness (QED) is 0.249. The zero-order valence-electron chi connectivity index (χ0n) is 17.8. The van der Waals surface area contributed by atoms with Gasteiger partial charge in [-0.15, -0.1) is 0 Å². The normalized spacial score (nSPS) is 10.9. The number of nitrogens with zero attached hydrogens (tertiary/aromatic N) is 3. The standard InChI is InChI=1S/C25H19N5O2S2/c31-22(27-20-13-7-8-14-21(20)34-18-11-5-2-6-12-18)16-33-25-28-23-19(24(32)29-25)15-26-30(23)17-9-3-1-4-10-17/h1-15H,16H2,(H,27,31)(H,28,29,32). The van der Waals surface area contributed by atoms with Gasteiger partial charge in [-0.3, -0.25) is 9.59 Å². The molecule has 2 aromatic heterocycles. The van der Waals surface area contributed by atoms with Crippen molar-refractivity contribution < 1.29 is 4.79 Å². The molecule has 168 valence electrons. The minimum absolute atomic E-state index is 0.0955. The van der Waals surface area contributed by atoms with Crippen molar-refractivity contribution in [2.45, 2.75) is 14.9 Å². The third-order valence-corrected chi connectivity index (χ3v) is 6.85. The summed E-state index contributed by atoms with van der Waals surface area (Å²) in [6, 6.07) is 27.1. The molecule has 0 aliphatic heterocycles. The molecule has 0 aliphatic rings. The van der Waals surface area contributed by atoms with Gasteiger partial charge in [0, 0.05) is 9.79 Å². The number of aromatic amines is 1. The van der Waals surface area contributed by atoms with Gasteiger partial charge in [-0.2, -0.15) is 5.10 Å². The summed E-state index contributed by atoms with van der Waals surface area (Å²) in [6.07, 6.45) is 1.50. The SMILES string of the molecule is O=C(CSc1nc2c(cnn2-c2ccccc2)c(=O)[nH]1)Nc1ccccc1Sc1ccccc1. The number of para-hydroxylation sites is 2. The molecule has 0 bridgehead atoms. The van der Waals surface area contributed by atoms with Gasteiger partial charge < -0.3 is 10.3 Å². The number of benzene rings is 3. The van der Waals surface area contributed by atoms with Crippen molar-refractivity contribution in [3.63, 3.8) is 0 Å². The first-order valence-corrected chi connectivity index (χ1v) is 12.3. The smallest absolute Gasteiger partial charge is 0.262 e. The van der Waals surface area contributed by atoms with Crippen molar-refractivity contribution in [1.29, 1.82) is 0 Å². The van der Waals surface area contributed by atoms with E-state index >= 15 is 0 Å². The molecule has 2 heterocycles. The Balaban J connectivity index is 1.31. The molecule has 5 rings (SSSR count). The van der Waals surface area contributed by atoms with Crippen LogP contribution in [0.3, 0.4) is 0 Å². The molecule has 0 fully saturated rings. The van der Waals surface area contributed by atoms with E-state index in [1.165, 1.54) is 18.0 Å². The van der Waals surface area contributed by atoms with Gasteiger partial charge in [-0.1, -0.05) is 72.1 Å². The fourth-order valence-corrected chi connectivity index (χ4v) is 4.90. The fraction of sp³-hybridized carbons (Fsp3) is 0.0400. The molecule has 2 N–H and O–H groups in total. The van der Waals surface area contributed by atoms with Crippen LogP contribution in [0, 0.1) is 0 Å². The second-order valence-electron chi connectivity index (χ2n) is 7.25. The van der Waals surface area contributed by atoms with Gasteiger partial charge in [-0.05, 0) is 36.4 Å². The third kappa shape index (κ3) is 4.90. The zero-order chi connectivity index (χ0) is 23.3. The van der Waals surface area contributed by atoms with Gasteiger partial charge in [0.05, 0.1) is 23.3 Å². The molecule has 3 aromatic carbocycles. The van der Waals surface area contributed by atoms with Crippen LogP contribution in [0.4, 0.5) is 5.69 Å². The molecule has 34 heavy (non-hydrogen) atoms. The molecule has 5 aromatic rings. The van der Waals surface area contributed by atoms with Crippen LogP contribution >= 0.6 is 23.5 Å². The summed E-state index contributed by atoms with van der Waals surface area (Å²) < 4.78 is 1.62. The van der Waals surface area contributed by atoms with E-state index in [2.05, 4.69) is 20.4 Å². The van der Waals surface area contributed by atoms with E-state index in [0.29, 0.717) is 16.2 Å². The lowest BCUT2D eigenvalue weighted by Gasteiger charge is -2.10. The number of H-pyrrole nitrogens is 1. The van der Waals surface area contributed by atoms with Gasteiger partial charge in [0.2, 0.25) is 5.91 Å². The van der Waals surface area contributed by atoms with Crippen molar-refractivity contribution in [3.8, 4) is 5.69 Å². The molecule has 0 saturated heterocycles. The van der Waals surface area contributed by atoms with Crippen LogP contribution in [0.15, 0.2) is 111 Å². The largest absolute Gasteiger partial charge is 0.324 e. The maximum absolute atomic E-state index is 12.7. The molecule has 0 radical (unpaired) electrons. The predicted octanol–water partition coefficient (Wildman–Crippen LogP) is 4.99. The molecule has 9 heteroatoms. The van der Waals surface area contributed by atoms with Crippen LogP contribution in [0.5, 0.6) is 0 Å². The minimum Gasteiger partial charge on any atom is -0.324 e. The number of hydrogen-bond acceptors (Lipinski definition) is 6. The number of anilines is 1. The highest BCUT2D eigenvalue weighted by molar-refractivity contribution is 8.00. The lowest BCUT2D eigenvalue weighted by atomic mass is 10.3. The Morgan fingerprint density at radius 2 is 1.65 bits per heavy atom. The number of carbonyl (C=O) groups is 1. The summed E-state index contributed by atoms with van der Waals surface area (Å²) >= 11 is 2.75. The first-order chi connectivity index (χ1) is 16.7. The zero-order valence-corrected chi connectivity index (χ0v) is 19.5. The first-order valence-electron chi connectivity index (χ1n) is 10.5. The topological polar surface area (TPSA) is 92.7 Å². The monoisotopic (exact) mass is 485 g/mol. The Hall–Kier alpha value is -3.82. The van der Waals surface area contributed by atoms with E-state index in [4.69, 9.17) is 0 Å². The second kappa shape index (κ2) is 9.98. The summed E-state index contributed by atoms with van der Waals surface area (Å²) in [7, 11) is 0. The summed E-state index contributed by atoms with van der Waals surface area (Å²) in [5, 5.41) is 8.02. The van der Waals surface area contributed by atoms with E-state index in [0.717, 1.165) is 21.2 Å². The van der Waals surface area contributed by atoms with Gasteiger partial charge >= 0.3 is 0 Å². The lowest BCUT2D eigenvalue weighted by Crippen LogP contribution is -2.16. The Labute approximate surface area is 203 Å². The number of hydrogen-bond donors (Lipinski definition) is 2. The average Bonchev–Trinajstić information content (AvgIpc) is 3.30. The molecule has 0 aliphatic carbocycles. The van der Waals surface area contributed by atoms with E-state index in [1.807, 2.05) is 84.9 Å². The second-order valence-corrected chi connectivity index (χ2v) is 9.33. The van der Waals surface area contributed by atoms with Crippen LogP contribution in [-0.2, 0) is 4.79 Å². The van der Waals surface area contributed by atoms with Crippen molar-refractivity contribution in [2.24, 2.45) is 0 Å². The number of nitrogens with one attached hydrogen (secondary N) is 2. The first kappa shape index (κ1) is 22.0. The van der Waals surface area contributed by atoms with Crippen LogP contribution in [0.1, 0.15) is 0 Å². The van der Waals surface area contributed by atoms with E-state index < -0.39 is 0 Å². The number of amides is 1. The number of rotatable bonds is 7. The molecule has 1 amide bonds. The van der Waals surface area contributed by atoms with E-state index in [9.17, 15) is 9.59 Å². The Bertz CT molecular complexity index is 1500. The summed E-state index contributed by atoms with van der Waals surface area (Å²) in [4.78, 5) is 34.6. The number of carbonyl (C=O) groups excluding carboxylic acids is 1. The minimum atomic E-state index is -0.292. The van der Waals surface area contributed by atoms with Crippen molar-refractivity contribution in [1.82, 2.24) is 19.7 Å². The number of fused-ring (bicyclic) bond motifs is 1. The van der Waals surface area contributed by atoms with Gasteiger partial charge in [0.15, 0.2) is 10.8 Å². The molecule has 7 nitrogen and oxygen atoms in total. The lowest BCUT2D eigenvalue weighted by molar-refractivity contribution is -0.113. The molecular weight excluding hydrogens is 466 g/mol. The predicted molar refractivity (Wildman–Crippen MR) is 136 cm³/mol. The maximum Gasteiger partial charge on any atom is 0.262 e. The highest BCUT2D eigenvalue weighted by atomic mass is 32.2. The van der Waals surface area contributed by atoms with Crippen molar-refractivity contribution in [3.05, 3.63) is 101 Å². The van der Waals surface area contributed by atoms with Gasteiger partial charge in [0.25, 0.3) is 5.56 Å². The van der Waals surface area contributed by atoms with Gasteiger partial charge in [-0.25, -0.2) is 9.67 Å². The van der Waals surface area contributed by atoms with E-state index in [-0.39, 0.29) is 17.2 Å². The number of aromatic nitrogens is 4. The molecule has 0 spiro atoms. The average molecular weight is 486 g/mol. The van der Waals surface area contributed by atoms with Crippen LogP contribution < -0.4 is 10.9 Å². The van der Waals surface area contributed by atoms with Crippen molar-refractivity contribution in [2.75, 3.05) is 11.1 Å². The van der Waals surface area contributed by atoms with Crippen molar-refractivity contribution >= 4 is 46.2 Å². The molecule has 0 atom stereocenters. The Morgan fingerprint density at radius 3 is 2.44 bits per heavy atom. The third-order valence-electron chi connectivity index (χ3n) is 4.89. The van der Waals surface area contributed by atoms with Gasteiger partial charge in [0.1, 0.15) is 5.39 Å². The molecular formula is C25H19N5O2S2. The summed E-state index contributed by atoms with van der Waals surface area (Å²) in [6.45, 7) is 0. The molecule has 0 unspecified atom stereocenters. The van der Waals surface area contributed by atoms with Crippen LogP contribution in [0.2, 0.25) is 0 Å². The summed E-state index contributed by atoms with van der Waals surface area (Å²) in [5.74, 6) is -0.0939. The number of thioether (sulfide) groups is 1. The van der Waals surface area contributed by atoms with Crippen LogP contribution in [0.25, 0.3) is 16.7 Å². The Kier molecular flexibility index (Phi) is 6.46. The fourth-order valence-electron chi connectivity index (χ4n) is 3.32. The Morgan fingerprint density at radius 1 is 0.941 bits per heavy atom. The highest BCUT2D eigenvalue weighted by Gasteiger charge is 2.14. The summed E-state index contributed by atoms with van der Waals surface area (Å²) in [5.41, 5.74) is 1.69. The van der Waals surface area contributed by atoms with Crippen LogP contribution in [-0.4, -0.2) is 31.4 Å². The molecule has 0 saturated carbocycles. The van der Waals surface area contributed by atoms with E-state index in [1.54, 1.807) is 16.4 Å². The maximum atomic E-state index is 12.7. The highest BCUT2D eigenvalue weighted by Crippen LogP contribution is 2.33.